The van der Waals surface area contributed by atoms with Gasteiger partial charge in [-0.2, -0.15) is 5.10 Å². The SMILES string of the molecule is CCCc1nc(C2CN(C(=O)c3ccc4nccn4c3)CCO2)n[nH]1. The normalized spacial score (nSPS) is 18.0. The predicted octanol–water partition coefficient (Wildman–Crippen LogP) is 1.62. The molecule has 3 aromatic heterocycles. The lowest BCUT2D eigenvalue weighted by atomic mass is 10.2. The van der Waals surface area contributed by atoms with Gasteiger partial charge in [0.2, 0.25) is 0 Å². The highest BCUT2D eigenvalue weighted by molar-refractivity contribution is 5.94. The van der Waals surface area contributed by atoms with Crippen LogP contribution < -0.4 is 0 Å². The average molecular weight is 340 g/mol. The molecule has 8 heteroatoms. The Bertz CT molecular complexity index is 886. The number of fused-ring (bicyclic) bond motifs is 1. The van der Waals surface area contributed by atoms with E-state index in [4.69, 9.17) is 4.74 Å². The van der Waals surface area contributed by atoms with Gasteiger partial charge in [0, 0.05) is 31.6 Å². The van der Waals surface area contributed by atoms with Gasteiger partial charge in [0.1, 0.15) is 17.6 Å². The Morgan fingerprint density at radius 3 is 3.24 bits per heavy atom. The Morgan fingerprint density at radius 1 is 1.44 bits per heavy atom. The summed E-state index contributed by atoms with van der Waals surface area (Å²) in [7, 11) is 0. The van der Waals surface area contributed by atoms with E-state index in [1.807, 2.05) is 16.7 Å². The minimum atomic E-state index is -0.295. The van der Waals surface area contributed by atoms with Crippen LogP contribution in [0.4, 0.5) is 0 Å². The number of nitrogens with one attached hydrogen (secondary N) is 1. The molecule has 0 bridgehead atoms. The number of aryl methyl sites for hydroxylation is 1. The summed E-state index contributed by atoms with van der Waals surface area (Å²) in [6.45, 7) is 3.58. The molecule has 4 rings (SSSR count). The number of ether oxygens (including phenoxy) is 1. The van der Waals surface area contributed by atoms with Crippen LogP contribution in [0.5, 0.6) is 0 Å². The number of rotatable bonds is 4. The quantitative estimate of drug-likeness (QED) is 0.780. The fraction of sp³-hybridized carbons (Fsp3) is 0.412. The number of nitrogens with zero attached hydrogens (tertiary/aromatic N) is 5. The molecule has 0 radical (unpaired) electrons. The van der Waals surface area contributed by atoms with Crippen molar-refractivity contribution in [2.45, 2.75) is 25.9 Å². The first-order valence-corrected chi connectivity index (χ1v) is 8.49. The molecule has 0 aliphatic carbocycles. The van der Waals surface area contributed by atoms with Crippen LogP contribution >= 0.6 is 0 Å². The second kappa shape index (κ2) is 6.64. The summed E-state index contributed by atoms with van der Waals surface area (Å²) < 4.78 is 7.62. The van der Waals surface area contributed by atoms with Crippen molar-refractivity contribution in [3.63, 3.8) is 0 Å². The monoisotopic (exact) mass is 340 g/mol. The number of aromatic amines is 1. The highest BCUT2D eigenvalue weighted by atomic mass is 16.5. The van der Waals surface area contributed by atoms with Crippen LogP contribution in [0.1, 0.15) is 41.5 Å². The molecule has 25 heavy (non-hydrogen) atoms. The zero-order valence-electron chi connectivity index (χ0n) is 14.1. The van der Waals surface area contributed by atoms with Crippen molar-refractivity contribution in [2.75, 3.05) is 19.7 Å². The number of carbonyl (C=O) groups excluding carboxylic acids is 1. The molecule has 130 valence electrons. The molecule has 1 amide bonds. The van der Waals surface area contributed by atoms with Crippen molar-refractivity contribution in [1.29, 1.82) is 0 Å². The highest BCUT2D eigenvalue weighted by Gasteiger charge is 2.28. The summed E-state index contributed by atoms with van der Waals surface area (Å²) in [6, 6.07) is 3.65. The van der Waals surface area contributed by atoms with Gasteiger partial charge in [-0.3, -0.25) is 9.89 Å². The van der Waals surface area contributed by atoms with Crippen LogP contribution in [-0.4, -0.2) is 55.1 Å². The number of hydrogen-bond acceptors (Lipinski definition) is 5. The second-order valence-corrected chi connectivity index (χ2v) is 6.11. The van der Waals surface area contributed by atoms with Crippen molar-refractivity contribution >= 4 is 11.6 Å². The van der Waals surface area contributed by atoms with E-state index in [2.05, 4.69) is 27.1 Å². The topological polar surface area (TPSA) is 88.4 Å². The summed E-state index contributed by atoms with van der Waals surface area (Å²) in [4.78, 5) is 23.3. The number of morpholine rings is 1. The van der Waals surface area contributed by atoms with E-state index >= 15 is 0 Å². The Hall–Kier alpha value is -2.74. The Morgan fingerprint density at radius 2 is 2.36 bits per heavy atom. The zero-order valence-corrected chi connectivity index (χ0v) is 14.1. The van der Waals surface area contributed by atoms with E-state index in [0.717, 1.165) is 24.3 Å². The van der Waals surface area contributed by atoms with Crippen LogP contribution in [0.3, 0.4) is 0 Å². The van der Waals surface area contributed by atoms with E-state index in [1.54, 1.807) is 23.4 Å². The maximum Gasteiger partial charge on any atom is 0.255 e. The maximum absolute atomic E-state index is 12.8. The van der Waals surface area contributed by atoms with Gasteiger partial charge in [-0.05, 0) is 18.6 Å². The third-order valence-electron chi connectivity index (χ3n) is 4.31. The predicted molar refractivity (Wildman–Crippen MR) is 90.2 cm³/mol. The van der Waals surface area contributed by atoms with Crippen molar-refractivity contribution in [2.24, 2.45) is 0 Å². The Balaban J connectivity index is 1.50. The molecular formula is C17H20N6O2. The molecule has 0 saturated carbocycles. The van der Waals surface area contributed by atoms with Crippen LogP contribution in [0.15, 0.2) is 30.7 Å². The van der Waals surface area contributed by atoms with Gasteiger partial charge in [0.05, 0.1) is 18.7 Å². The molecule has 1 saturated heterocycles. The number of hydrogen-bond donors (Lipinski definition) is 1. The molecule has 1 N–H and O–H groups in total. The second-order valence-electron chi connectivity index (χ2n) is 6.11. The number of carbonyl (C=O) groups is 1. The largest absolute Gasteiger partial charge is 0.366 e. The number of H-pyrrole nitrogens is 1. The van der Waals surface area contributed by atoms with Gasteiger partial charge in [-0.15, -0.1) is 0 Å². The molecule has 1 aliphatic heterocycles. The number of aromatic nitrogens is 5. The molecule has 0 spiro atoms. The highest BCUT2D eigenvalue weighted by Crippen LogP contribution is 2.21. The summed E-state index contributed by atoms with van der Waals surface area (Å²) in [6.07, 6.45) is 6.91. The van der Waals surface area contributed by atoms with Crippen molar-refractivity contribution in [1.82, 2.24) is 29.5 Å². The van der Waals surface area contributed by atoms with Gasteiger partial charge in [0.15, 0.2) is 5.82 Å². The number of amides is 1. The van der Waals surface area contributed by atoms with Crippen molar-refractivity contribution < 1.29 is 9.53 Å². The fourth-order valence-electron chi connectivity index (χ4n) is 3.02. The van der Waals surface area contributed by atoms with Gasteiger partial charge >= 0.3 is 0 Å². The molecule has 1 aliphatic rings. The van der Waals surface area contributed by atoms with E-state index in [1.165, 1.54) is 0 Å². The van der Waals surface area contributed by atoms with Crippen LogP contribution in [0.2, 0.25) is 0 Å². The van der Waals surface area contributed by atoms with E-state index < -0.39 is 0 Å². The van der Waals surface area contributed by atoms with Crippen LogP contribution in [-0.2, 0) is 11.2 Å². The smallest absolute Gasteiger partial charge is 0.255 e. The third-order valence-corrected chi connectivity index (χ3v) is 4.31. The summed E-state index contributed by atoms with van der Waals surface area (Å²) >= 11 is 0. The molecule has 1 fully saturated rings. The molecule has 1 unspecified atom stereocenters. The summed E-state index contributed by atoms with van der Waals surface area (Å²) in [5, 5.41) is 7.19. The summed E-state index contributed by atoms with van der Waals surface area (Å²) in [5.41, 5.74) is 1.45. The van der Waals surface area contributed by atoms with Crippen LogP contribution in [0, 0.1) is 0 Å². The lowest BCUT2D eigenvalue weighted by Crippen LogP contribution is -2.42. The average Bonchev–Trinajstić information content (AvgIpc) is 3.30. The lowest BCUT2D eigenvalue weighted by molar-refractivity contribution is -0.0267. The standard InChI is InChI=1S/C17H20N6O2/c1-2-3-14-19-16(21-20-14)13-11-23(8-9-25-13)17(24)12-4-5-15-18-6-7-22(15)10-12/h4-7,10,13H,2-3,8-9,11H2,1H3,(H,19,20,21). The maximum atomic E-state index is 12.8. The first-order chi connectivity index (χ1) is 12.2. The number of pyridine rings is 1. The van der Waals surface area contributed by atoms with Crippen molar-refractivity contribution in [3.8, 4) is 0 Å². The number of imidazole rings is 1. The van der Waals surface area contributed by atoms with Gasteiger partial charge in [-0.1, -0.05) is 6.92 Å². The zero-order chi connectivity index (χ0) is 17.2. The summed E-state index contributed by atoms with van der Waals surface area (Å²) in [5.74, 6) is 1.45. The van der Waals surface area contributed by atoms with Gasteiger partial charge in [0.25, 0.3) is 5.91 Å². The first-order valence-electron chi connectivity index (χ1n) is 8.49. The van der Waals surface area contributed by atoms with E-state index in [0.29, 0.717) is 31.1 Å². The van der Waals surface area contributed by atoms with E-state index in [9.17, 15) is 4.79 Å². The molecule has 8 nitrogen and oxygen atoms in total. The molecular weight excluding hydrogens is 320 g/mol. The molecule has 1 atom stereocenters. The minimum Gasteiger partial charge on any atom is -0.366 e. The Kier molecular flexibility index (Phi) is 4.19. The molecule has 3 aromatic rings. The minimum absolute atomic E-state index is 0.0202. The van der Waals surface area contributed by atoms with Crippen molar-refractivity contribution in [3.05, 3.63) is 47.9 Å². The van der Waals surface area contributed by atoms with Gasteiger partial charge < -0.3 is 14.0 Å². The molecule has 4 heterocycles. The lowest BCUT2D eigenvalue weighted by Gasteiger charge is -2.31. The molecule has 0 aromatic carbocycles. The Labute approximate surface area is 144 Å². The van der Waals surface area contributed by atoms with Crippen LogP contribution in [0.25, 0.3) is 5.65 Å². The fourth-order valence-corrected chi connectivity index (χ4v) is 3.02. The van der Waals surface area contributed by atoms with Gasteiger partial charge in [-0.25, -0.2) is 9.97 Å². The van der Waals surface area contributed by atoms with E-state index in [-0.39, 0.29) is 12.0 Å². The first kappa shape index (κ1) is 15.8. The third kappa shape index (κ3) is 3.12.